The highest BCUT2D eigenvalue weighted by molar-refractivity contribution is 5.85. The van der Waals surface area contributed by atoms with Gasteiger partial charge >= 0.3 is 0 Å². The van der Waals surface area contributed by atoms with Crippen LogP contribution in [0.4, 0.5) is 0 Å². The Morgan fingerprint density at radius 3 is 2.70 bits per heavy atom. The van der Waals surface area contributed by atoms with Crippen molar-refractivity contribution >= 4 is 10.9 Å². The highest BCUT2D eigenvalue weighted by Gasteiger charge is 2.36. The zero-order valence-corrected chi connectivity index (χ0v) is 16.1. The second-order valence-electron chi connectivity index (χ2n) is 6.89. The summed E-state index contributed by atoms with van der Waals surface area (Å²) in [7, 11) is 1.62. The summed E-state index contributed by atoms with van der Waals surface area (Å²) in [5.41, 5.74) is 10.6. The molecule has 0 saturated heterocycles. The van der Waals surface area contributed by atoms with E-state index < -0.39 is 5.92 Å². The van der Waals surface area contributed by atoms with Crippen molar-refractivity contribution in [2.24, 2.45) is 5.73 Å². The fourth-order valence-electron chi connectivity index (χ4n) is 3.90. The van der Waals surface area contributed by atoms with Gasteiger partial charge in [-0.1, -0.05) is 18.2 Å². The van der Waals surface area contributed by atoms with Crippen LogP contribution in [0.25, 0.3) is 22.2 Å². The van der Waals surface area contributed by atoms with Crippen molar-refractivity contribution < 1.29 is 9.47 Å². The SMILES string of the molecule is COc1ccc(-c2[nH]nc3c2[C@H](c2ccnc4ccccc24)C(C#N)=C(N)O3)cc1. The number of allylic oxidation sites excluding steroid dienone is 1. The largest absolute Gasteiger partial charge is 0.497 e. The molecule has 1 atom stereocenters. The number of aromatic amines is 1. The Kier molecular flexibility index (Phi) is 4.11. The number of hydrogen-bond acceptors (Lipinski definition) is 6. The van der Waals surface area contributed by atoms with E-state index in [0.717, 1.165) is 39.0 Å². The summed E-state index contributed by atoms with van der Waals surface area (Å²) < 4.78 is 11.0. The van der Waals surface area contributed by atoms with Gasteiger partial charge in [0.05, 0.1) is 29.8 Å². The summed E-state index contributed by atoms with van der Waals surface area (Å²) >= 11 is 0. The van der Waals surface area contributed by atoms with Gasteiger partial charge in [0, 0.05) is 17.1 Å². The number of nitrogens with two attached hydrogens (primary N) is 1. The zero-order chi connectivity index (χ0) is 20.7. The molecule has 0 aliphatic carbocycles. The van der Waals surface area contributed by atoms with Gasteiger partial charge in [-0.2, -0.15) is 5.26 Å². The Balaban J connectivity index is 1.77. The lowest BCUT2D eigenvalue weighted by Crippen LogP contribution is -2.21. The van der Waals surface area contributed by atoms with E-state index in [1.807, 2.05) is 54.6 Å². The Morgan fingerprint density at radius 1 is 1.13 bits per heavy atom. The molecular weight excluding hydrogens is 378 g/mol. The van der Waals surface area contributed by atoms with Crippen LogP contribution in [0.3, 0.4) is 0 Å². The standard InChI is InChI=1S/C23H17N5O2/c1-29-14-8-6-13(7-9-14)21-20-19(17(12-24)22(25)30-23(20)28-27-21)16-10-11-26-18-5-3-2-4-15(16)18/h2-11,19H,25H2,1H3,(H,27,28)/t19-/m1/s1. The molecule has 0 saturated carbocycles. The molecule has 2 aromatic carbocycles. The van der Waals surface area contributed by atoms with Gasteiger partial charge in [-0.25, -0.2) is 0 Å². The Morgan fingerprint density at radius 2 is 1.93 bits per heavy atom. The van der Waals surface area contributed by atoms with Crippen molar-refractivity contribution in [2.45, 2.75) is 5.92 Å². The maximum Gasteiger partial charge on any atom is 0.244 e. The number of benzene rings is 2. The van der Waals surface area contributed by atoms with Gasteiger partial charge in [-0.15, -0.1) is 5.10 Å². The summed E-state index contributed by atoms with van der Waals surface area (Å²) in [5, 5.41) is 18.3. The van der Waals surface area contributed by atoms with E-state index in [4.69, 9.17) is 15.2 Å². The zero-order valence-electron chi connectivity index (χ0n) is 16.1. The molecule has 2 aromatic heterocycles. The predicted octanol–water partition coefficient (Wildman–Crippen LogP) is 3.85. The van der Waals surface area contributed by atoms with E-state index in [1.165, 1.54) is 0 Å². The molecule has 3 N–H and O–H groups in total. The van der Waals surface area contributed by atoms with Crippen molar-refractivity contribution in [3.8, 4) is 29.0 Å². The summed E-state index contributed by atoms with van der Waals surface area (Å²) in [4.78, 5) is 4.45. The fraction of sp³-hybridized carbons (Fsp3) is 0.0870. The minimum atomic E-state index is -0.442. The topological polar surface area (TPSA) is 110 Å². The van der Waals surface area contributed by atoms with Gasteiger partial charge in [0.2, 0.25) is 11.8 Å². The fourth-order valence-corrected chi connectivity index (χ4v) is 3.90. The average Bonchev–Trinajstić information content (AvgIpc) is 3.21. The molecule has 30 heavy (non-hydrogen) atoms. The number of pyridine rings is 1. The summed E-state index contributed by atoms with van der Waals surface area (Å²) in [6.45, 7) is 0. The van der Waals surface area contributed by atoms with Crippen molar-refractivity contribution in [3.63, 3.8) is 0 Å². The van der Waals surface area contributed by atoms with Crippen LogP contribution in [0.1, 0.15) is 17.0 Å². The summed E-state index contributed by atoms with van der Waals surface area (Å²) in [6.07, 6.45) is 1.74. The number of aromatic nitrogens is 3. The van der Waals surface area contributed by atoms with Crippen LogP contribution in [0.2, 0.25) is 0 Å². The molecule has 0 amide bonds. The summed E-state index contributed by atoms with van der Waals surface area (Å²) in [6, 6.07) is 19.6. The second kappa shape index (κ2) is 6.94. The molecule has 146 valence electrons. The van der Waals surface area contributed by atoms with Gasteiger partial charge in [0.25, 0.3) is 0 Å². The number of ether oxygens (including phenoxy) is 2. The molecule has 5 rings (SSSR count). The third-order valence-corrected chi connectivity index (χ3v) is 5.31. The molecule has 7 heteroatoms. The molecule has 0 fully saturated rings. The van der Waals surface area contributed by atoms with Crippen molar-refractivity contribution in [2.75, 3.05) is 7.11 Å². The summed E-state index contributed by atoms with van der Waals surface area (Å²) in [5.74, 6) is 0.733. The van der Waals surface area contributed by atoms with Crippen LogP contribution in [0, 0.1) is 11.3 Å². The quantitative estimate of drug-likeness (QED) is 0.545. The number of nitrogens with one attached hydrogen (secondary N) is 1. The van der Waals surface area contributed by atoms with Crippen LogP contribution in [-0.2, 0) is 0 Å². The van der Waals surface area contributed by atoms with Crippen LogP contribution in [0.15, 0.2) is 72.3 Å². The number of rotatable bonds is 3. The van der Waals surface area contributed by atoms with Gasteiger partial charge in [-0.3, -0.25) is 10.1 Å². The first-order valence-electron chi connectivity index (χ1n) is 9.35. The van der Waals surface area contributed by atoms with E-state index in [-0.39, 0.29) is 5.88 Å². The highest BCUT2D eigenvalue weighted by atomic mass is 16.5. The number of para-hydroxylation sites is 1. The lowest BCUT2D eigenvalue weighted by atomic mass is 9.81. The molecule has 1 aliphatic heterocycles. The number of hydrogen-bond donors (Lipinski definition) is 2. The average molecular weight is 395 g/mol. The highest BCUT2D eigenvalue weighted by Crippen LogP contribution is 2.47. The minimum absolute atomic E-state index is 0.0590. The van der Waals surface area contributed by atoms with Gasteiger partial charge in [0.1, 0.15) is 17.4 Å². The first kappa shape index (κ1) is 17.8. The molecule has 1 aliphatic rings. The van der Waals surface area contributed by atoms with E-state index in [0.29, 0.717) is 11.5 Å². The number of methoxy groups -OCH3 is 1. The number of H-pyrrole nitrogens is 1. The Labute approximate surface area is 172 Å². The number of fused-ring (bicyclic) bond motifs is 2. The van der Waals surface area contributed by atoms with Crippen molar-refractivity contribution in [1.29, 1.82) is 5.26 Å². The van der Waals surface area contributed by atoms with E-state index in [1.54, 1.807) is 13.3 Å². The predicted molar refractivity (Wildman–Crippen MR) is 112 cm³/mol. The van der Waals surface area contributed by atoms with Crippen LogP contribution >= 0.6 is 0 Å². The van der Waals surface area contributed by atoms with Crippen molar-refractivity contribution in [3.05, 3.63) is 83.4 Å². The monoisotopic (exact) mass is 395 g/mol. The maximum atomic E-state index is 9.93. The molecule has 0 radical (unpaired) electrons. The van der Waals surface area contributed by atoms with Gasteiger partial charge in [-0.05, 0) is 42.0 Å². The lowest BCUT2D eigenvalue weighted by Gasteiger charge is -2.25. The molecule has 0 spiro atoms. The molecule has 4 aromatic rings. The molecular formula is C23H17N5O2. The molecule has 7 nitrogen and oxygen atoms in total. The van der Waals surface area contributed by atoms with Gasteiger partial charge < -0.3 is 15.2 Å². The third-order valence-electron chi connectivity index (χ3n) is 5.31. The lowest BCUT2D eigenvalue weighted by molar-refractivity contribution is 0.379. The van der Waals surface area contributed by atoms with Gasteiger partial charge in [0.15, 0.2) is 0 Å². The number of nitrogens with zero attached hydrogens (tertiary/aromatic N) is 3. The minimum Gasteiger partial charge on any atom is -0.497 e. The third kappa shape index (κ3) is 2.66. The van der Waals surface area contributed by atoms with Crippen molar-refractivity contribution in [1.82, 2.24) is 15.2 Å². The first-order chi connectivity index (χ1) is 14.7. The van der Waals surface area contributed by atoms with E-state index in [9.17, 15) is 5.26 Å². The normalized spacial score (nSPS) is 15.4. The van der Waals surface area contributed by atoms with Crippen LogP contribution < -0.4 is 15.2 Å². The molecule has 0 unspecified atom stereocenters. The smallest absolute Gasteiger partial charge is 0.244 e. The van der Waals surface area contributed by atoms with Crippen LogP contribution in [-0.4, -0.2) is 22.3 Å². The first-order valence-corrected chi connectivity index (χ1v) is 9.35. The van der Waals surface area contributed by atoms with E-state index >= 15 is 0 Å². The number of nitriles is 1. The Hall–Kier alpha value is -4.31. The Bertz CT molecular complexity index is 1330. The molecule has 3 heterocycles. The molecule has 0 bridgehead atoms. The van der Waals surface area contributed by atoms with E-state index in [2.05, 4.69) is 21.3 Å². The van der Waals surface area contributed by atoms with Crippen LogP contribution in [0.5, 0.6) is 11.6 Å². The second-order valence-corrected chi connectivity index (χ2v) is 6.89. The maximum absolute atomic E-state index is 9.93.